The van der Waals surface area contributed by atoms with E-state index in [1.54, 1.807) is 11.0 Å². The van der Waals surface area contributed by atoms with Gasteiger partial charge in [0.15, 0.2) is 0 Å². The lowest BCUT2D eigenvalue weighted by atomic mass is 9.88. The summed E-state index contributed by atoms with van der Waals surface area (Å²) < 4.78 is 1.68. The van der Waals surface area contributed by atoms with Crippen molar-refractivity contribution in [3.63, 3.8) is 0 Å². The summed E-state index contributed by atoms with van der Waals surface area (Å²) in [4.78, 5) is 16.5. The molecule has 2 aliphatic carbocycles. The Labute approximate surface area is 123 Å². The minimum Gasteiger partial charge on any atom is -0.324 e. The van der Waals surface area contributed by atoms with Gasteiger partial charge in [-0.1, -0.05) is 18.6 Å². The van der Waals surface area contributed by atoms with Crippen LogP contribution < -0.4 is 5.32 Å². The molecule has 2 aliphatic rings. The number of hydrogen-bond donors (Lipinski definition) is 1. The lowest BCUT2D eigenvalue weighted by Crippen LogP contribution is -2.27. The Bertz CT molecular complexity index is 652. The first-order valence-electron chi connectivity index (χ1n) is 7.56. The van der Waals surface area contributed by atoms with Crippen LogP contribution in [0.3, 0.4) is 0 Å². The van der Waals surface area contributed by atoms with Gasteiger partial charge in [0, 0.05) is 5.92 Å². The number of nitrogens with one attached hydrogen (secondary N) is 1. The molecular formula is C16H18N4O. The molecule has 1 heterocycles. The van der Waals surface area contributed by atoms with Gasteiger partial charge in [-0.3, -0.25) is 4.79 Å². The molecule has 2 fully saturated rings. The third kappa shape index (κ3) is 2.22. The van der Waals surface area contributed by atoms with Gasteiger partial charge < -0.3 is 5.32 Å². The highest BCUT2D eigenvalue weighted by Crippen LogP contribution is 2.48. The van der Waals surface area contributed by atoms with Gasteiger partial charge in [-0.25, -0.2) is 9.67 Å². The molecule has 0 aliphatic heterocycles. The summed E-state index contributed by atoms with van der Waals surface area (Å²) in [6, 6.07) is 7.72. The van der Waals surface area contributed by atoms with Crippen LogP contribution in [-0.2, 0) is 4.79 Å². The highest BCUT2D eigenvalue weighted by molar-refractivity contribution is 5.94. The van der Waals surface area contributed by atoms with Gasteiger partial charge in [-0.15, -0.1) is 0 Å². The number of rotatable bonds is 3. The van der Waals surface area contributed by atoms with E-state index in [1.807, 2.05) is 24.3 Å². The van der Waals surface area contributed by atoms with Crippen LogP contribution in [0.5, 0.6) is 0 Å². The maximum absolute atomic E-state index is 12.6. The van der Waals surface area contributed by atoms with Crippen molar-refractivity contribution in [2.45, 2.75) is 25.7 Å². The first kappa shape index (κ1) is 12.6. The van der Waals surface area contributed by atoms with E-state index in [1.165, 1.54) is 25.6 Å². The van der Waals surface area contributed by atoms with E-state index in [9.17, 15) is 4.79 Å². The Morgan fingerprint density at radius 2 is 2.14 bits per heavy atom. The van der Waals surface area contributed by atoms with E-state index in [4.69, 9.17) is 0 Å². The molecule has 0 spiro atoms. The second kappa shape index (κ2) is 4.98. The van der Waals surface area contributed by atoms with Crippen molar-refractivity contribution in [2.24, 2.45) is 17.8 Å². The Morgan fingerprint density at radius 3 is 2.86 bits per heavy atom. The average Bonchev–Trinajstić information content (AvgIpc) is 3.25. The standard InChI is InChI=1S/C16H18N4O/c21-16(13-8-11-5-6-12(13)7-11)19-14-3-1-2-4-15(14)20-10-17-9-18-20/h1-4,9-13H,5-8H2,(H,19,21). The van der Waals surface area contributed by atoms with Gasteiger partial charge in [0.05, 0.1) is 11.4 Å². The first-order valence-corrected chi connectivity index (χ1v) is 7.56. The Balaban J connectivity index is 1.56. The number of hydrogen-bond acceptors (Lipinski definition) is 3. The molecule has 21 heavy (non-hydrogen) atoms. The van der Waals surface area contributed by atoms with Crippen LogP contribution in [0.15, 0.2) is 36.9 Å². The van der Waals surface area contributed by atoms with E-state index in [-0.39, 0.29) is 11.8 Å². The van der Waals surface area contributed by atoms with Gasteiger partial charge in [-0.2, -0.15) is 5.10 Å². The van der Waals surface area contributed by atoms with Crippen molar-refractivity contribution in [2.75, 3.05) is 5.32 Å². The van der Waals surface area contributed by atoms with Crippen LogP contribution in [-0.4, -0.2) is 20.7 Å². The zero-order chi connectivity index (χ0) is 14.2. The van der Waals surface area contributed by atoms with E-state index < -0.39 is 0 Å². The first-order chi connectivity index (χ1) is 10.3. The summed E-state index contributed by atoms with van der Waals surface area (Å²) in [5, 5.41) is 7.24. The molecule has 108 valence electrons. The van der Waals surface area contributed by atoms with Crippen molar-refractivity contribution in [1.82, 2.24) is 14.8 Å². The highest BCUT2D eigenvalue weighted by Gasteiger charge is 2.43. The number of para-hydroxylation sites is 2. The molecule has 0 radical (unpaired) electrons. The SMILES string of the molecule is O=C(Nc1ccccc1-n1cncn1)C1CC2CCC1C2. The number of benzene rings is 1. The predicted octanol–water partition coefficient (Wildman–Crippen LogP) is 2.64. The van der Waals surface area contributed by atoms with Gasteiger partial charge >= 0.3 is 0 Å². The lowest BCUT2D eigenvalue weighted by Gasteiger charge is -2.21. The lowest BCUT2D eigenvalue weighted by molar-refractivity contribution is -0.121. The summed E-state index contributed by atoms with van der Waals surface area (Å²) in [5.41, 5.74) is 1.65. The maximum atomic E-state index is 12.6. The fraction of sp³-hybridized carbons (Fsp3) is 0.438. The van der Waals surface area contributed by atoms with Crippen molar-refractivity contribution in [3.05, 3.63) is 36.9 Å². The smallest absolute Gasteiger partial charge is 0.227 e. The number of carbonyl (C=O) groups is 1. The van der Waals surface area contributed by atoms with Crippen molar-refractivity contribution >= 4 is 11.6 Å². The Kier molecular flexibility index (Phi) is 2.98. The number of carbonyl (C=O) groups excluding carboxylic acids is 1. The summed E-state index contributed by atoms with van der Waals surface area (Å²) in [6.07, 6.45) is 7.96. The Morgan fingerprint density at radius 1 is 1.24 bits per heavy atom. The molecule has 1 aromatic heterocycles. The number of nitrogens with zero attached hydrogens (tertiary/aromatic N) is 3. The molecule has 0 saturated heterocycles. The van der Waals surface area contributed by atoms with Crippen molar-refractivity contribution in [3.8, 4) is 5.69 Å². The monoisotopic (exact) mass is 282 g/mol. The van der Waals surface area contributed by atoms with Gasteiger partial charge in [0.25, 0.3) is 0 Å². The molecule has 1 aromatic carbocycles. The molecule has 1 amide bonds. The van der Waals surface area contributed by atoms with Crippen LogP contribution in [0.4, 0.5) is 5.69 Å². The summed E-state index contributed by atoms with van der Waals surface area (Å²) in [7, 11) is 0. The van der Waals surface area contributed by atoms with Crippen LogP contribution in [0.2, 0.25) is 0 Å². The second-order valence-electron chi connectivity index (χ2n) is 6.13. The van der Waals surface area contributed by atoms with Crippen molar-refractivity contribution < 1.29 is 4.79 Å². The number of amides is 1. The molecular weight excluding hydrogens is 264 g/mol. The van der Waals surface area contributed by atoms with E-state index in [0.717, 1.165) is 23.7 Å². The van der Waals surface area contributed by atoms with Crippen molar-refractivity contribution in [1.29, 1.82) is 0 Å². The van der Waals surface area contributed by atoms with E-state index in [2.05, 4.69) is 15.4 Å². The minimum absolute atomic E-state index is 0.162. The number of anilines is 1. The fourth-order valence-corrected chi connectivity index (χ4v) is 3.90. The molecule has 5 heteroatoms. The van der Waals surface area contributed by atoms with Crippen LogP contribution >= 0.6 is 0 Å². The largest absolute Gasteiger partial charge is 0.324 e. The third-order valence-electron chi connectivity index (χ3n) is 4.90. The molecule has 5 nitrogen and oxygen atoms in total. The quantitative estimate of drug-likeness (QED) is 0.941. The molecule has 1 N–H and O–H groups in total. The molecule has 3 unspecified atom stereocenters. The summed E-state index contributed by atoms with van der Waals surface area (Å²) >= 11 is 0. The van der Waals surface area contributed by atoms with Gasteiger partial charge in [0.1, 0.15) is 12.7 Å². The number of fused-ring (bicyclic) bond motifs is 2. The minimum atomic E-state index is 0.162. The summed E-state index contributed by atoms with van der Waals surface area (Å²) in [5.74, 6) is 1.71. The zero-order valence-corrected chi connectivity index (χ0v) is 11.8. The topological polar surface area (TPSA) is 59.8 Å². The van der Waals surface area contributed by atoms with Gasteiger partial charge in [-0.05, 0) is 43.2 Å². The molecule has 2 aromatic rings. The van der Waals surface area contributed by atoms with Crippen LogP contribution in [0.25, 0.3) is 5.69 Å². The zero-order valence-electron chi connectivity index (χ0n) is 11.8. The van der Waals surface area contributed by atoms with E-state index in [0.29, 0.717) is 5.92 Å². The average molecular weight is 282 g/mol. The molecule has 2 bridgehead atoms. The van der Waals surface area contributed by atoms with Crippen LogP contribution in [0.1, 0.15) is 25.7 Å². The highest BCUT2D eigenvalue weighted by atomic mass is 16.1. The molecule has 3 atom stereocenters. The maximum Gasteiger partial charge on any atom is 0.227 e. The van der Waals surface area contributed by atoms with E-state index >= 15 is 0 Å². The molecule has 2 saturated carbocycles. The predicted molar refractivity (Wildman–Crippen MR) is 78.9 cm³/mol. The normalized spacial score (nSPS) is 27.0. The van der Waals surface area contributed by atoms with Crippen LogP contribution in [0, 0.1) is 17.8 Å². The third-order valence-corrected chi connectivity index (χ3v) is 4.90. The molecule has 4 rings (SSSR count). The van der Waals surface area contributed by atoms with Gasteiger partial charge in [0.2, 0.25) is 5.91 Å². The number of aromatic nitrogens is 3. The second-order valence-corrected chi connectivity index (χ2v) is 6.13. The summed E-state index contributed by atoms with van der Waals surface area (Å²) in [6.45, 7) is 0. The Hall–Kier alpha value is -2.17. The fourth-order valence-electron chi connectivity index (χ4n) is 3.90.